The van der Waals surface area contributed by atoms with Crippen molar-refractivity contribution in [3.63, 3.8) is 0 Å². The first-order valence-corrected chi connectivity index (χ1v) is 6.29. The Morgan fingerprint density at radius 1 is 0.944 bits per heavy atom. The van der Waals surface area contributed by atoms with E-state index in [4.69, 9.17) is 5.73 Å². The van der Waals surface area contributed by atoms with Gasteiger partial charge in [0.1, 0.15) is 0 Å². The number of aryl methyl sites for hydroxylation is 1. The molecule has 0 aliphatic carbocycles. The first-order chi connectivity index (χ1) is 8.56. The Kier molecular flexibility index (Phi) is 3.56. The van der Waals surface area contributed by atoms with E-state index in [9.17, 15) is 0 Å². The van der Waals surface area contributed by atoms with Crippen LogP contribution in [0.25, 0.3) is 0 Å². The van der Waals surface area contributed by atoms with Crippen LogP contribution in [0.2, 0.25) is 0 Å². The summed E-state index contributed by atoms with van der Waals surface area (Å²) in [7, 11) is 0. The van der Waals surface area contributed by atoms with Crippen molar-refractivity contribution in [2.75, 3.05) is 11.1 Å². The molecule has 0 heterocycles. The lowest BCUT2D eigenvalue weighted by atomic mass is 10.0. The smallest absolute Gasteiger partial charge is 0.0388 e. The highest BCUT2D eigenvalue weighted by Crippen LogP contribution is 2.22. The van der Waals surface area contributed by atoms with Gasteiger partial charge in [-0.05, 0) is 54.3 Å². The van der Waals surface area contributed by atoms with Crippen LogP contribution >= 0.6 is 0 Å². The van der Waals surface area contributed by atoms with Gasteiger partial charge < -0.3 is 11.1 Å². The van der Waals surface area contributed by atoms with Crippen LogP contribution in [-0.4, -0.2) is 0 Å². The highest BCUT2D eigenvalue weighted by atomic mass is 14.9. The number of nitrogen functional groups attached to an aromatic ring is 1. The largest absolute Gasteiger partial charge is 0.399 e. The Hall–Kier alpha value is -1.96. The lowest BCUT2D eigenvalue weighted by molar-refractivity contribution is 0.867. The van der Waals surface area contributed by atoms with E-state index in [2.05, 4.69) is 49.5 Å². The van der Waals surface area contributed by atoms with Crippen LogP contribution in [0, 0.1) is 6.92 Å². The molecule has 0 atom stereocenters. The van der Waals surface area contributed by atoms with Gasteiger partial charge in [0.25, 0.3) is 0 Å². The fourth-order valence-electron chi connectivity index (χ4n) is 1.87. The Morgan fingerprint density at radius 2 is 1.56 bits per heavy atom. The summed E-state index contributed by atoms with van der Waals surface area (Å²) < 4.78 is 0. The van der Waals surface area contributed by atoms with Crippen LogP contribution < -0.4 is 11.1 Å². The second-order valence-corrected chi connectivity index (χ2v) is 4.97. The van der Waals surface area contributed by atoms with E-state index in [1.807, 2.05) is 19.1 Å². The molecule has 2 aromatic carbocycles. The minimum Gasteiger partial charge on any atom is -0.399 e. The fourth-order valence-corrected chi connectivity index (χ4v) is 1.87. The van der Waals surface area contributed by atoms with E-state index in [1.165, 1.54) is 5.56 Å². The molecule has 94 valence electrons. The van der Waals surface area contributed by atoms with Gasteiger partial charge in [-0.2, -0.15) is 0 Å². The lowest BCUT2D eigenvalue weighted by Gasteiger charge is -2.10. The van der Waals surface area contributed by atoms with Crippen molar-refractivity contribution >= 4 is 17.1 Å². The van der Waals surface area contributed by atoms with E-state index in [-0.39, 0.29) is 0 Å². The number of benzene rings is 2. The summed E-state index contributed by atoms with van der Waals surface area (Å²) in [5.74, 6) is 0.567. The molecular formula is C16H20N2. The molecule has 0 unspecified atom stereocenters. The predicted octanol–water partition coefficient (Wildman–Crippen LogP) is 4.44. The minimum atomic E-state index is 0.567. The number of hydrogen-bond donors (Lipinski definition) is 2. The highest BCUT2D eigenvalue weighted by Gasteiger charge is 2.00. The van der Waals surface area contributed by atoms with Gasteiger partial charge in [0.2, 0.25) is 0 Å². The van der Waals surface area contributed by atoms with E-state index >= 15 is 0 Å². The third kappa shape index (κ3) is 2.83. The maximum absolute atomic E-state index is 5.81. The summed E-state index contributed by atoms with van der Waals surface area (Å²) in [6.07, 6.45) is 0. The molecule has 0 bridgehead atoms. The van der Waals surface area contributed by atoms with Crippen molar-refractivity contribution in [1.29, 1.82) is 0 Å². The first kappa shape index (κ1) is 12.5. The molecule has 18 heavy (non-hydrogen) atoms. The van der Waals surface area contributed by atoms with Gasteiger partial charge in [0.15, 0.2) is 0 Å². The first-order valence-electron chi connectivity index (χ1n) is 6.29. The number of nitrogens with two attached hydrogens (primary N) is 1. The molecule has 0 fully saturated rings. The number of rotatable bonds is 3. The van der Waals surface area contributed by atoms with Crippen LogP contribution in [0.1, 0.15) is 30.9 Å². The molecule has 0 aliphatic rings. The molecule has 2 heteroatoms. The topological polar surface area (TPSA) is 38.0 Å². The number of hydrogen-bond acceptors (Lipinski definition) is 2. The van der Waals surface area contributed by atoms with Crippen molar-refractivity contribution in [1.82, 2.24) is 0 Å². The zero-order chi connectivity index (χ0) is 13.1. The van der Waals surface area contributed by atoms with Crippen LogP contribution in [-0.2, 0) is 0 Å². The van der Waals surface area contributed by atoms with E-state index in [1.54, 1.807) is 0 Å². The minimum absolute atomic E-state index is 0.567. The SMILES string of the molecule is Cc1cc(Nc2ccc(C(C)C)cc2)ccc1N. The lowest BCUT2D eigenvalue weighted by Crippen LogP contribution is -1.94. The number of nitrogens with one attached hydrogen (secondary N) is 1. The van der Waals surface area contributed by atoms with Gasteiger partial charge in [-0.25, -0.2) is 0 Å². The van der Waals surface area contributed by atoms with Gasteiger partial charge >= 0.3 is 0 Å². The van der Waals surface area contributed by atoms with Gasteiger partial charge in [0.05, 0.1) is 0 Å². The summed E-state index contributed by atoms with van der Waals surface area (Å²) in [5.41, 5.74) is 11.3. The summed E-state index contributed by atoms with van der Waals surface area (Å²) in [4.78, 5) is 0. The molecule has 3 N–H and O–H groups in total. The predicted molar refractivity (Wildman–Crippen MR) is 79.4 cm³/mol. The zero-order valence-corrected chi connectivity index (χ0v) is 11.2. The summed E-state index contributed by atoms with van der Waals surface area (Å²) in [5, 5.41) is 3.38. The Bertz CT molecular complexity index is 527. The van der Waals surface area contributed by atoms with Gasteiger partial charge in [0, 0.05) is 17.1 Å². The quantitative estimate of drug-likeness (QED) is 0.778. The molecular weight excluding hydrogens is 220 g/mol. The molecule has 2 rings (SSSR count). The maximum Gasteiger partial charge on any atom is 0.0388 e. The molecule has 2 nitrogen and oxygen atoms in total. The van der Waals surface area contributed by atoms with Gasteiger partial charge in [-0.15, -0.1) is 0 Å². The second kappa shape index (κ2) is 5.13. The zero-order valence-electron chi connectivity index (χ0n) is 11.2. The van der Waals surface area contributed by atoms with Crippen LogP contribution in [0.4, 0.5) is 17.1 Å². The average molecular weight is 240 g/mol. The average Bonchev–Trinajstić information content (AvgIpc) is 2.34. The summed E-state index contributed by atoms with van der Waals surface area (Å²) in [6, 6.07) is 14.5. The molecule has 0 saturated heterocycles. The van der Waals surface area contributed by atoms with Crippen molar-refractivity contribution in [3.05, 3.63) is 53.6 Å². The van der Waals surface area contributed by atoms with Crippen molar-refractivity contribution < 1.29 is 0 Å². The van der Waals surface area contributed by atoms with E-state index in [0.29, 0.717) is 5.92 Å². The monoisotopic (exact) mass is 240 g/mol. The van der Waals surface area contributed by atoms with Gasteiger partial charge in [-0.3, -0.25) is 0 Å². The third-order valence-electron chi connectivity index (χ3n) is 3.14. The van der Waals surface area contributed by atoms with Crippen molar-refractivity contribution in [3.8, 4) is 0 Å². The maximum atomic E-state index is 5.81. The molecule has 0 aliphatic heterocycles. The van der Waals surface area contributed by atoms with Gasteiger partial charge in [-0.1, -0.05) is 26.0 Å². The molecule has 0 amide bonds. The molecule has 0 spiro atoms. The molecule has 2 aromatic rings. The Morgan fingerprint density at radius 3 is 2.11 bits per heavy atom. The highest BCUT2D eigenvalue weighted by molar-refractivity contribution is 5.64. The Balaban J connectivity index is 2.15. The van der Waals surface area contributed by atoms with Crippen LogP contribution in [0.15, 0.2) is 42.5 Å². The van der Waals surface area contributed by atoms with Crippen molar-refractivity contribution in [2.24, 2.45) is 0 Å². The van der Waals surface area contributed by atoms with Crippen LogP contribution in [0.3, 0.4) is 0 Å². The van der Waals surface area contributed by atoms with E-state index in [0.717, 1.165) is 22.6 Å². The molecule has 0 radical (unpaired) electrons. The Labute approximate surface area is 109 Å². The number of anilines is 3. The normalized spacial score (nSPS) is 10.7. The second-order valence-electron chi connectivity index (χ2n) is 4.97. The van der Waals surface area contributed by atoms with E-state index < -0.39 is 0 Å². The fraction of sp³-hybridized carbons (Fsp3) is 0.250. The standard InChI is InChI=1S/C16H20N2/c1-11(2)13-4-6-14(7-5-13)18-15-8-9-16(17)12(3)10-15/h4-11,18H,17H2,1-3H3. The summed E-state index contributed by atoms with van der Waals surface area (Å²) in [6.45, 7) is 6.42. The summed E-state index contributed by atoms with van der Waals surface area (Å²) >= 11 is 0. The van der Waals surface area contributed by atoms with Crippen molar-refractivity contribution in [2.45, 2.75) is 26.7 Å². The molecule has 0 aromatic heterocycles. The molecule has 0 saturated carbocycles. The third-order valence-corrected chi connectivity index (χ3v) is 3.14. The van der Waals surface area contributed by atoms with Crippen LogP contribution in [0.5, 0.6) is 0 Å².